The van der Waals surface area contributed by atoms with Crippen molar-refractivity contribution in [2.24, 2.45) is 0 Å². The highest BCUT2D eigenvalue weighted by atomic mass is 32.3. The predicted octanol–water partition coefficient (Wildman–Crippen LogP) is -0.184. The quantitative estimate of drug-likeness (QED) is 0.648. The minimum Gasteiger partial charge on any atom is -0.362 e. The van der Waals surface area contributed by atoms with Gasteiger partial charge in [0.05, 0.1) is 20.9 Å². The van der Waals surface area contributed by atoms with Crippen LogP contribution in [0.15, 0.2) is 12.4 Å². The van der Waals surface area contributed by atoms with Gasteiger partial charge in [-0.05, 0) is 0 Å². The monoisotopic (exact) mass is 224 g/mol. The van der Waals surface area contributed by atoms with Crippen LogP contribution in [0.25, 0.3) is 0 Å². The molecule has 84 valence electrons. The van der Waals surface area contributed by atoms with Gasteiger partial charge in [-0.1, -0.05) is 0 Å². The zero-order valence-corrected chi connectivity index (χ0v) is 9.61. The molecule has 1 rings (SSSR count). The van der Waals surface area contributed by atoms with Crippen molar-refractivity contribution in [1.29, 1.82) is 0 Å². The first-order chi connectivity index (χ1) is 6.41. The molecule has 0 saturated heterocycles. The molecule has 1 aliphatic heterocycles. The summed E-state index contributed by atoms with van der Waals surface area (Å²) < 4.78 is 27.5. The lowest BCUT2D eigenvalue weighted by Gasteiger charge is -2.10. The minimum atomic E-state index is -3.66. The molecular formula is C7H16N2O4S. The third-order valence-electron chi connectivity index (χ3n) is 1.43. The smallest absolute Gasteiger partial charge is 0.362 e. The van der Waals surface area contributed by atoms with Gasteiger partial charge in [0.1, 0.15) is 0 Å². The van der Waals surface area contributed by atoms with Crippen LogP contribution in [-0.2, 0) is 18.8 Å². The van der Waals surface area contributed by atoms with Crippen molar-refractivity contribution in [3.63, 3.8) is 0 Å². The van der Waals surface area contributed by atoms with E-state index in [4.69, 9.17) is 0 Å². The summed E-state index contributed by atoms with van der Waals surface area (Å²) >= 11 is 0. The molecule has 0 aromatic carbocycles. The Morgan fingerprint density at radius 2 is 1.43 bits per heavy atom. The van der Waals surface area contributed by atoms with Crippen LogP contribution in [0.5, 0.6) is 0 Å². The molecule has 0 aromatic rings. The van der Waals surface area contributed by atoms with Gasteiger partial charge in [-0.3, -0.25) is 8.37 Å². The van der Waals surface area contributed by atoms with Gasteiger partial charge in [0.15, 0.2) is 0 Å². The van der Waals surface area contributed by atoms with Gasteiger partial charge >= 0.3 is 10.4 Å². The molecule has 0 aliphatic carbocycles. The molecule has 0 N–H and O–H groups in total. The first-order valence-corrected chi connectivity index (χ1v) is 5.19. The number of nitrogens with zero attached hydrogens (tertiary/aromatic N) is 2. The minimum absolute atomic E-state index is 1.03. The molecule has 0 radical (unpaired) electrons. The van der Waals surface area contributed by atoms with E-state index in [9.17, 15) is 8.42 Å². The Morgan fingerprint density at radius 1 is 1.07 bits per heavy atom. The van der Waals surface area contributed by atoms with E-state index in [1.54, 1.807) is 0 Å². The van der Waals surface area contributed by atoms with Crippen LogP contribution in [0.4, 0.5) is 0 Å². The van der Waals surface area contributed by atoms with Gasteiger partial charge in [0, 0.05) is 26.5 Å². The average molecular weight is 224 g/mol. The Bertz CT molecular complexity index is 255. The second-order valence-electron chi connectivity index (χ2n) is 2.70. The van der Waals surface area contributed by atoms with E-state index in [1.165, 1.54) is 0 Å². The van der Waals surface area contributed by atoms with E-state index in [-0.39, 0.29) is 0 Å². The second-order valence-corrected chi connectivity index (χ2v) is 4.18. The van der Waals surface area contributed by atoms with Crippen molar-refractivity contribution in [3.8, 4) is 0 Å². The summed E-state index contributed by atoms with van der Waals surface area (Å²) in [6.45, 7) is 1.03. The number of hydrogen-bond donors (Lipinski definition) is 0. The maximum absolute atomic E-state index is 9.92. The van der Waals surface area contributed by atoms with Crippen molar-refractivity contribution in [2.75, 3.05) is 35.0 Å². The molecular weight excluding hydrogens is 208 g/mol. The van der Waals surface area contributed by atoms with Crippen molar-refractivity contribution in [3.05, 3.63) is 12.4 Å². The highest BCUT2D eigenvalue weighted by Gasteiger charge is 2.01. The first kappa shape index (κ1) is 13.2. The van der Waals surface area contributed by atoms with E-state index < -0.39 is 10.4 Å². The lowest BCUT2D eigenvalue weighted by Crippen LogP contribution is -2.17. The Labute approximate surface area is 85.0 Å². The molecule has 0 bridgehead atoms. The molecule has 14 heavy (non-hydrogen) atoms. The maximum atomic E-state index is 9.92. The van der Waals surface area contributed by atoms with Gasteiger partial charge in [-0.2, -0.15) is 8.42 Å². The van der Waals surface area contributed by atoms with Crippen LogP contribution in [-0.4, -0.2) is 53.2 Å². The molecule has 0 amide bonds. The third kappa shape index (κ3) is 5.79. The Hall–Kier alpha value is -0.790. The summed E-state index contributed by atoms with van der Waals surface area (Å²) in [5.74, 6) is 0. The van der Waals surface area contributed by atoms with Gasteiger partial charge in [0.25, 0.3) is 0 Å². The van der Waals surface area contributed by atoms with Gasteiger partial charge in [-0.15, -0.1) is 0 Å². The molecule has 0 unspecified atom stereocenters. The van der Waals surface area contributed by atoms with Crippen molar-refractivity contribution >= 4 is 10.4 Å². The normalized spacial score (nSPS) is 15.4. The highest BCUT2D eigenvalue weighted by molar-refractivity contribution is 7.81. The Kier molecular flexibility index (Phi) is 5.51. The lowest BCUT2D eigenvalue weighted by atomic mass is 10.9. The van der Waals surface area contributed by atoms with Gasteiger partial charge in [-0.25, -0.2) is 0 Å². The molecule has 7 heteroatoms. The van der Waals surface area contributed by atoms with E-state index >= 15 is 0 Å². The molecule has 0 aromatic heterocycles. The molecule has 6 nitrogen and oxygen atoms in total. The van der Waals surface area contributed by atoms with Crippen LogP contribution in [0.2, 0.25) is 0 Å². The molecule has 0 spiro atoms. The van der Waals surface area contributed by atoms with Crippen LogP contribution in [0, 0.1) is 0 Å². The summed E-state index contributed by atoms with van der Waals surface area (Å²) in [5.41, 5.74) is 0. The third-order valence-corrected chi connectivity index (χ3v) is 2.25. The fourth-order valence-corrected chi connectivity index (χ4v) is 0.878. The first-order valence-electron chi connectivity index (χ1n) is 3.86. The van der Waals surface area contributed by atoms with Crippen molar-refractivity contribution in [2.45, 2.75) is 0 Å². The summed E-state index contributed by atoms with van der Waals surface area (Å²) in [6, 6.07) is 0. The standard InChI is InChI=1S/C5H10N2.C2H6O4S/c1-6-3-4-7(2)5-6;1-5-7(3,4)6-2/h3-4H,5H2,1-2H3;1-2H3. The van der Waals surface area contributed by atoms with Crippen LogP contribution >= 0.6 is 0 Å². The zero-order chi connectivity index (χ0) is 11.2. The fraction of sp³-hybridized carbons (Fsp3) is 0.714. The molecule has 0 atom stereocenters. The van der Waals surface area contributed by atoms with Crippen molar-refractivity contribution in [1.82, 2.24) is 9.80 Å². The Morgan fingerprint density at radius 3 is 1.50 bits per heavy atom. The number of hydrogen-bond acceptors (Lipinski definition) is 6. The summed E-state index contributed by atoms with van der Waals surface area (Å²) in [4.78, 5) is 4.25. The van der Waals surface area contributed by atoms with Gasteiger partial charge in [0.2, 0.25) is 0 Å². The van der Waals surface area contributed by atoms with E-state index in [0.717, 1.165) is 20.9 Å². The van der Waals surface area contributed by atoms with Crippen LogP contribution in [0.1, 0.15) is 0 Å². The maximum Gasteiger partial charge on any atom is 0.399 e. The summed E-state index contributed by atoms with van der Waals surface area (Å²) in [6.07, 6.45) is 4.11. The zero-order valence-electron chi connectivity index (χ0n) is 8.80. The Balaban J connectivity index is 0.000000241. The van der Waals surface area contributed by atoms with E-state index in [0.29, 0.717) is 0 Å². The van der Waals surface area contributed by atoms with E-state index in [1.807, 2.05) is 0 Å². The second kappa shape index (κ2) is 5.84. The van der Waals surface area contributed by atoms with E-state index in [2.05, 4.69) is 44.7 Å². The molecule has 0 saturated carbocycles. The van der Waals surface area contributed by atoms with Gasteiger partial charge < -0.3 is 9.80 Å². The summed E-state index contributed by atoms with van der Waals surface area (Å²) in [5, 5.41) is 0. The SMILES string of the molecule is CN1C=CN(C)C1.COS(=O)(=O)OC. The molecule has 0 fully saturated rings. The topological polar surface area (TPSA) is 59.1 Å². The highest BCUT2D eigenvalue weighted by Crippen LogP contribution is 1.97. The van der Waals surface area contributed by atoms with Crippen LogP contribution in [0.3, 0.4) is 0 Å². The lowest BCUT2D eigenvalue weighted by molar-refractivity contribution is 0.286. The largest absolute Gasteiger partial charge is 0.399 e. The predicted molar refractivity (Wildman–Crippen MR) is 52.5 cm³/mol. The van der Waals surface area contributed by atoms with Crippen LogP contribution < -0.4 is 0 Å². The molecule has 1 aliphatic rings. The fourth-order valence-electron chi connectivity index (χ4n) is 0.742. The average Bonchev–Trinajstić information content (AvgIpc) is 2.51. The summed E-state index contributed by atoms with van der Waals surface area (Å²) in [7, 11) is 2.51. The number of rotatable bonds is 2. The van der Waals surface area contributed by atoms with Crippen molar-refractivity contribution < 1.29 is 16.8 Å². The molecule has 1 heterocycles.